The number of fused-ring (bicyclic) bond motifs is 2. The minimum atomic E-state index is -3.18. The van der Waals surface area contributed by atoms with Gasteiger partial charge in [-0.15, -0.1) is 5.10 Å². The smallest absolute Gasteiger partial charge is 0.319 e. The molecular formula is C15H21N7O3S. The molecule has 4 heterocycles. The molecule has 0 N–H and O–H groups in total. The Bertz CT molecular complexity index is 909. The number of carbonyl (C=O) groups excluding carboxylic acids is 1. The van der Waals surface area contributed by atoms with Crippen molar-refractivity contribution in [1.82, 2.24) is 34.3 Å². The molecular weight excluding hydrogens is 358 g/mol. The van der Waals surface area contributed by atoms with Gasteiger partial charge < -0.3 is 9.80 Å². The SMILES string of the molecule is CN(C)C(=O)N1CCN(Cc2nc3ncccn3n2)[C@H]2CS(=O)(=O)C[C@H]21. The molecule has 2 aromatic rings. The molecule has 0 radical (unpaired) electrons. The number of aromatic nitrogens is 4. The zero-order chi connectivity index (χ0) is 18.5. The van der Waals surface area contributed by atoms with Crippen molar-refractivity contribution in [3.63, 3.8) is 0 Å². The lowest BCUT2D eigenvalue weighted by molar-refractivity contribution is 0.0506. The normalized spacial score (nSPS) is 25.4. The molecule has 2 saturated heterocycles. The number of rotatable bonds is 2. The van der Waals surface area contributed by atoms with Crippen LogP contribution in [0.25, 0.3) is 5.78 Å². The fraction of sp³-hybridized carbons (Fsp3) is 0.600. The first-order valence-corrected chi connectivity index (χ1v) is 10.2. The molecule has 0 aliphatic carbocycles. The van der Waals surface area contributed by atoms with Crippen LogP contribution in [0.3, 0.4) is 0 Å². The van der Waals surface area contributed by atoms with Crippen LogP contribution in [0.1, 0.15) is 5.82 Å². The topological polar surface area (TPSA) is 104 Å². The van der Waals surface area contributed by atoms with Crippen molar-refractivity contribution >= 4 is 21.6 Å². The summed E-state index contributed by atoms with van der Waals surface area (Å²) in [6, 6.07) is 1.05. The van der Waals surface area contributed by atoms with Gasteiger partial charge in [-0.2, -0.15) is 4.98 Å². The van der Waals surface area contributed by atoms with E-state index < -0.39 is 9.84 Å². The average Bonchev–Trinajstić information content (AvgIpc) is 3.13. The third kappa shape index (κ3) is 3.01. The van der Waals surface area contributed by atoms with Crippen LogP contribution in [0.5, 0.6) is 0 Å². The van der Waals surface area contributed by atoms with E-state index in [0.29, 0.717) is 31.2 Å². The van der Waals surface area contributed by atoms with E-state index in [1.54, 1.807) is 42.0 Å². The Labute approximate surface area is 151 Å². The molecule has 0 saturated carbocycles. The zero-order valence-corrected chi connectivity index (χ0v) is 15.5. The first kappa shape index (κ1) is 17.2. The summed E-state index contributed by atoms with van der Waals surface area (Å²) < 4.78 is 26.1. The Morgan fingerprint density at radius 1 is 1.27 bits per heavy atom. The second-order valence-electron chi connectivity index (χ2n) is 6.94. The van der Waals surface area contributed by atoms with Crippen molar-refractivity contribution in [2.24, 2.45) is 0 Å². The van der Waals surface area contributed by atoms with E-state index in [9.17, 15) is 13.2 Å². The summed E-state index contributed by atoms with van der Waals surface area (Å²) in [5, 5.41) is 4.40. The van der Waals surface area contributed by atoms with Crippen molar-refractivity contribution in [1.29, 1.82) is 0 Å². The van der Waals surface area contributed by atoms with Crippen LogP contribution < -0.4 is 0 Å². The first-order valence-electron chi connectivity index (χ1n) is 8.43. The number of nitrogens with zero attached hydrogens (tertiary/aromatic N) is 7. The Morgan fingerprint density at radius 2 is 2.04 bits per heavy atom. The quantitative estimate of drug-likeness (QED) is 0.665. The summed E-state index contributed by atoms with van der Waals surface area (Å²) in [4.78, 5) is 26.2. The molecule has 26 heavy (non-hydrogen) atoms. The van der Waals surface area contributed by atoms with Gasteiger partial charge in [0.25, 0.3) is 5.78 Å². The molecule has 2 aliphatic heterocycles. The highest BCUT2D eigenvalue weighted by molar-refractivity contribution is 7.91. The van der Waals surface area contributed by atoms with Gasteiger partial charge in [-0.3, -0.25) is 4.90 Å². The first-order chi connectivity index (χ1) is 12.3. The summed E-state index contributed by atoms with van der Waals surface area (Å²) in [6.45, 7) is 1.50. The standard InChI is InChI=1S/C15H21N7O3S/c1-19(2)15(23)21-7-6-20(11-9-26(24,25)10-12(11)21)8-13-17-14-16-4-3-5-22(14)18-13/h3-5,11-12H,6-10H2,1-2H3/t11-,12+/m0/s1. The fourth-order valence-electron chi connectivity index (χ4n) is 3.74. The molecule has 0 bridgehead atoms. The molecule has 0 spiro atoms. The number of hydrogen-bond acceptors (Lipinski definition) is 7. The predicted octanol–water partition coefficient (Wildman–Crippen LogP) is -0.911. The Kier molecular flexibility index (Phi) is 4.07. The van der Waals surface area contributed by atoms with Crippen LogP contribution in [0.4, 0.5) is 4.79 Å². The van der Waals surface area contributed by atoms with Crippen molar-refractivity contribution in [3.8, 4) is 0 Å². The molecule has 4 rings (SSSR count). The van der Waals surface area contributed by atoms with E-state index in [4.69, 9.17) is 0 Å². The minimum Gasteiger partial charge on any atom is -0.331 e. The van der Waals surface area contributed by atoms with Gasteiger partial charge in [0.2, 0.25) is 0 Å². The second-order valence-corrected chi connectivity index (χ2v) is 9.10. The van der Waals surface area contributed by atoms with E-state index in [1.807, 2.05) is 0 Å². The minimum absolute atomic E-state index is 0.00783. The lowest BCUT2D eigenvalue weighted by Gasteiger charge is -2.44. The zero-order valence-electron chi connectivity index (χ0n) is 14.7. The van der Waals surface area contributed by atoms with Crippen molar-refractivity contribution < 1.29 is 13.2 Å². The summed E-state index contributed by atoms with van der Waals surface area (Å²) in [7, 11) is 0.179. The van der Waals surface area contributed by atoms with Crippen molar-refractivity contribution in [3.05, 3.63) is 24.3 Å². The van der Waals surface area contributed by atoms with Gasteiger partial charge in [0.1, 0.15) is 0 Å². The number of hydrogen-bond donors (Lipinski definition) is 0. The molecule has 2 aromatic heterocycles. The van der Waals surface area contributed by atoms with Gasteiger partial charge in [0.15, 0.2) is 15.7 Å². The highest BCUT2D eigenvalue weighted by Crippen LogP contribution is 2.28. The molecule has 11 heteroatoms. The summed E-state index contributed by atoms with van der Waals surface area (Å²) >= 11 is 0. The Balaban J connectivity index is 1.59. The third-order valence-electron chi connectivity index (χ3n) is 4.92. The number of urea groups is 1. The van der Waals surface area contributed by atoms with E-state index in [2.05, 4.69) is 20.0 Å². The van der Waals surface area contributed by atoms with Crippen LogP contribution >= 0.6 is 0 Å². The molecule has 140 valence electrons. The fourth-order valence-corrected chi connectivity index (χ4v) is 5.75. The average molecular weight is 379 g/mol. The van der Waals surface area contributed by atoms with E-state index in [-0.39, 0.29) is 29.6 Å². The predicted molar refractivity (Wildman–Crippen MR) is 93.2 cm³/mol. The second kappa shape index (κ2) is 6.16. The lowest BCUT2D eigenvalue weighted by Crippen LogP contribution is -2.61. The lowest BCUT2D eigenvalue weighted by atomic mass is 10.1. The summed E-state index contributed by atoms with van der Waals surface area (Å²) in [6.07, 6.45) is 3.42. The van der Waals surface area contributed by atoms with Crippen LogP contribution in [-0.2, 0) is 16.4 Å². The van der Waals surface area contributed by atoms with Gasteiger partial charge >= 0.3 is 6.03 Å². The summed E-state index contributed by atoms with van der Waals surface area (Å²) in [5.41, 5.74) is 0. The van der Waals surface area contributed by atoms with E-state index in [1.165, 1.54) is 4.90 Å². The highest BCUT2D eigenvalue weighted by atomic mass is 32.2. The molecule has 2 atom stereocenters. The molecule has 0 unspecified atom stereocenters. The largest absolute Gasteiger partial charge is 0.331 e. The van der Waals surface area contributed by atoms with Gasteiger partial charge in [-0.25, -0.2) is 22.7 Å². The number of amides is 2. The highest BCUT2D eigenvalue weighted by Gasteiger charge is 2.48. The molecule has 2 fully saturated rings. The maximum Gasteiger partial charge on any atom is 0.319 e. The van der Waals surface area contributed by atoms with Crippen LogP contribution in [-0.4, -0.2) is 99.5 Å². The number of carbonyl (C=O) groups is 1. The third-order valence-corrected chi connectivity index (χ3v) is 6.62. The van der Waals surface area contributed by atoms with E-state index in [0.717, 1.165) is 0 Å². The van der Waals surface area contributed by atoms with Crippen molar-refractivity contribution in [2.75, 3.05) is 38.7 Å². The molecule has 10 nitrogen and oxygen atoms in total. The van der Waals surface area contributed by atoms with Gasteiger partial charge in [0, 0.05) is 45.6 Å². The monoisotopic (exact) mass is 379 g/mol. The number of sulfone groups is 1. The van der Waals surface area contributed by atoms with Gasteiger partial charge in [-0.05, 0) is 6.07 Å². The Morgan fingerprint density at radius 3 is 2.77 bits per heavy atom. The maximum absolute atomic E-state index is 12.4. The van der Waals surface area contributed by atoms with Gasteiger partial charge in [0.05, 0.1) is 24.1 Å². The molecule has 2 amide bonds. The maximum atomic E-state index is 12.4. The Hall–Kier alpha value is -2.27. The van der Waals surface area contributed by atoms with E-state index >= 15 is 0 Å². The van der Waals surface area contributed by atoms with Gasteiger partial charge in [-0.1, -0.05) is 0 Å². The van der Waals surface area contributed by atoms with Crippen LogP contribution in [0.2, 0.25) is 0 Å². The molecule has 2 aliphatic rings. The van der Waals surface area contributed by atoms with Crippen LogP contribution in [0.15, 0.2) is 18.5 Å². The van der Waals surface area contributed by atoms with Crippen LogP contribution in [0, 0.1) is 0 Å². The summed E-state index contributed by atoms with van der Waals surface area (Å²) in [5.74, 6) is 1.17. The van der Waals surface area contributed by atoms with Crippen molar-refractivity contribution in [2.45, 2.75) is 18.6 Å². The molecule has 0 aromatic carbocycles. The number of piperazine rings is 1.